The molecule has 3 heteroatoms. The lowest BCUT2D eigenvalue weighted by Crippen LogP contribution is -2.16. The summed E-state index contributed by atoms with van der Waals surface area (Å²) in [6.07, 6.45) is 3.01. The Morgan fingerprint density at radius 3 is 2.69 bits per heavy atom. The molecule has 16 heavy (non-hydrogen) atoms. The Kier molecular flexibility index (Phi) is 5.23. The van der Waals surface area contributed by atoms with E-state index >= 15 is 0 Å². The van der Waals surface area contributed by atoms with Gasteiger partial charge in [-0.1, -0.05) is 44.4 Å². The first kappa shape index (κ1) is 13.5. The number of hydrogen-bond acceptors (Lipinski definition) is 1. The maximum atomic E-state index is 13.6. The zero-order chi connectivity index (χ0) is 12.1. The van der Waals surface area contributed by atoms with Gasteiger partial charge in [0.1, 0.15) is 5.82 Å². The van der Waals surface area contributed by atoms with Crippen LogP contribution in [0.1, 0.15) is 44.7 Å². The molecule has 0 bridgehead atoms. The molecule has 0 aliphatic rings. The second-order valence-electron chi connectivity index (χ2n) is 4.37. The van der Waals surface area contributed by atoms with Crippen LogP contribution in [0.3, 0.4) is 0 Å². The van der Waals surface area contributed by atoms with Crippen LogP contribution in [0.5, 0.6) is 0 Å². The summed E-state index contributed by atoms with van der Waals surface area (Å²) < 4.78 is 13.6. The summed E-state index contributed by atoms with van der Waals surface area (Å²) in [5.41, 5.74) is 6.45. The summed E-state index contributed by atoms with van der Waals surface area (Å²) >= 11 is 5.96. The van der Waals surface area contributed by atoms with E-state index in [4.69, 9.17) is 17.3 Å². The first-order valence-electron chi connectivity index (χ1n) is 5.75. The Balaban J connectivity index is 2.76. The lowest BCUT2D eigenvalue weighted by Gasteiger charge is -2.18. The molecular weight excluding hydrogens is 225 g/mol. The van der Waals surface area contributed by atoms with Gasteiger partial charge in [0.25, 0.3) is 0 Å². The topological polar surface area (TPSA) is 26.0 Å². The number of halogens is 2. The van der Waals surface area contributed by atoms with Gasteiger partial charge in [0.05, 0.1) is 0 Å². The highest BCUT2D eigenvalue weighted by Gasteiger charge is 2.17. The van der Waals surface area contributed by atoms with E-state index < -0.39 is 0 Å². The zero-order valence-corrected chi connectivity index (χ0v) is 10.6. The predicted octanol–water partition coefficient (Wildman–Crippen LogP) is 4.31. The number of rotatable bonds is 5. The highest BCUT2D eigenvalue weighted by Crippen LogP contribution is 2.29. The van der Waals surface area contributed by atoms with Crippen molar-refractivity contribution in [3.63, 3.8) is 0 Å². The second kappa shape index (κ2) is 6.21. The van der Waals surface area contributed by atoms with E-state index in [-0.39, 0.29) is 11.9 Å². The van der Waals surface area contributed by atoms with E-state index in [0.717, 1.165) is 19.3 Å². The third kappa shape index (κ3) is 3.46. The van der Waals surface area contributed by atoms with Crippen LogP contribution in [0.2, 0.25) is 5.02 Å². The Hall–Kier alpha value is -0.600. The van der Waals surface area contributed by atoms with Crippen molar-refractivity contribution >= 4 is 11.6 Å². The van der Waals surface area contributed by atoms with Gasteiger partial charge < -0.3 is 5.73 Å². The molecule has 1 nitrogen and oxygen atoms in total. The molecule has 0 amide bonds. The Morgan fingerprint density at radius 1 is 1.44 bits per heavy atom. The molecule has 1 aromatic rings. The molecule has 1 aromatic carbocycles. The van der Waals surface area contributed by atoms with Crippen molar-refractivity contribution in [2.75, 3.05) is 0 Å². The standard InChI is InChI=1S/C13H19ClFN/c1-3-5-9(2)8-12(16)13-10(14)6-4-7-11(13)15/h4,6-7,9,12H,3,5,8,16H2,1-2H3. The summed E-state index contributed by atoms with van der Waals surface area (Å²) in [6, 6.07) is 4.38. The van der Waals surface area contributed by atoms with E-state index in [1.54, 1.807) is 12.1 Å². The first-order valence-corrected chi connectivity index (χ1v) is 6.13. The van der Waals surface area contributed by atoms with Gasteiger partial charge in [0.15, 0.2) is 0 Å². The van der Waals surface area contributed by atoms with E-state index in [2.05, 4.69) is 13.8 Å². The second-order valence-corrected chi connectivity index (χ2v) is 4.78. The normalized spacial score (nSPS) is 14.8. The van der Waals surface area contributed by atoms with Crippen molar-refractivity contribution in [2.45, 2.75) is 39.2 Å². The highest BCUT2D eigenvalue weighted by atomic mass is 35.5. The lowest BCUT2D eigenvalue weighted by atomic mass is 9.93. The van der Waals surface area contributed by atoms with Crippen LogP contribution in [0.25, 0.3) is 0 Å². The average Bonchev–Trinajstić information content (AvgIpc) is 2.17. The van der Waals surface area contributed by atoms with Crippen LogP contribution < -0.4 is 5.73 Å². The van der Waals surface area contributed by atoms with Crippen molar-refractivity contribution in [2.24, 2.45) is 11.7 Å². The van der Waals surface area contributed by atoms with Gasteiger partial charge in [-0.05, 0) is 24.5 Å². The summed E-state index contributed by atoms with van der Waals surface area (Å²) in [5, 5.41) is 0.427. The van der Waals surface area contributed by atoms with E-state index in [9.17, 15) is 4.39 Å². The van der Waals surface area contributed by atoms with Gasteiger partial charge in [-0.3, -0.25) is 0 Å². The molecule has 0 radical (unpaired) electrons. The zero-order valence-electron chi connectivity index (χ0n) is 9.84. The molecule has 90 valence electrons. The molecular formula is C13H19ClFN. The van der Waals surface area contributed by atoms with Crippen LogP contribution in [0.15, 0.2) is 18.2 Å². The Bertz CT molecular complexity index is 320. The molecule has 2 N–H and O–H groups in total. The maximum absolute atomic E-state index is 13.6. The maximum Gasteiger partial charge on any atom is 0.129 e. The van der Waals surface area contributed by atoms with Crippen LogP contribution in [-0.4, -0.2) is 0 Å². The van der Waals surface area contributed by atoms with Gasteiger partial charge >= 0.3 is 0 Å². The monoisotopic (exact) mass is 243 g/mol. The van der Waals surface area contributed by atoms with Crippen LogP contribution in [-0.2, 0) is 0 Å². The van der Waals surface area contributed by atoms with Gasteiger partial charge in [-0.25, -0.2) is 4.39 Å². The smallest absolute Gasteiger partial charge is 0.129 e. The number of nitrogens with two attached hydrogens (primary N) is 1. The largest absolute Gasteiger partial charge is 0.324 e. The minimum absolute atomic E-state index is 0.302. The Morgan fingerprint density at radius 2 is 2.12 bits per heavy atom. The summed E-state index contributed by atoms with van der Waals surface area (Å²) in [5.74, 6) is 0.194. The van der Waals surface area contributed by atoms with Crippen LogP contribution >= 0.6 is 11.6 Å². The van der Waals surface area contributed by atoms with Gasteiger partial charge in [0, 0.05) is 16.6 Å². The van der Waals surface area contributed by atoms with Gasteiger partial charge in [-0.2, -0.15) is 0 Å². The molecule has 0 heterocycles. The molecule has 0 saturated heterocycles. The van der Waals surface area contributed by atoms with Crippen molar-refractivity contribution in [3.05, 3.63) is 34.6 Å². The molecule has 0 fully saturated rings. The Labute approximate surface area is 102 Å². The molecule has 0 aliphatic carbocycles. The SMILES string of the molecule is CCCC(C)CC(N)c1c(F)cccc1Cl. The van der Waals surface area contributed by atoms with E-state index in [1.165, 1.54) is 6.07 Å². The van der Waals surface area contributed by atoms with Crippen molar-refractivity contribution < 1.29 is 4.39 Å². The van der Waals surface area contributed by atoms with E-state index in [1.807, 2.05) is 0 Å². The van der Waals surface area contributed by atoms with Crippen molar-refractivity contribution in [1.29, 1.82) is 0 Å². The minimum Gasteiger partial charge on any atom is -0.324 e. The highest BCUT2D eigenvalue weighted by molar-refractivity contribution is 6.31. The minimum atomic E-state index is -0.310. The molecule has 0 aliphatic heterocycles. The molecule has 1 rings (SSSR count). The fourth-order valence-electron chi connectivity index (χ4n) is 2.03. The molecule has 2 atom stereocenters. The quantitative estimate of drug-likeness (QED) is 0.820. The number of hydrogen-bond donors (Lipinski definition) is 1. The summed E-state index contributed by atoms with van der Waals surface area (Å²) in [4.78, 5) is 0. The van der Waals surface area contributed by atoms with Gasteiger partial charge in [0.2, 0.25) is 0 Å². The van der Waals surface area contributed by atoms with Gasteiger partial charge in [-0.15, -0.1) is 0 Å². The average molecular weight is 244 g/mol. The third-order valence-corrected chi connectivity index (χ3v) is 3.14. The lowest BCUT2D eigenvalue weighted by molar-refractivity contribution is 0.431. The summed E-state index contributed by atoms with van der Waals surface area (Å²) in [6.45, 7) is 4.27. The molecule has 2 unspecified atom stereocenters. The van der Waals surface area contributed by atoms with Crippen molar-refractivity contribution in [1.82, 2.24) is 0 Å². The first-order chi connectivity index (χ1) is 7.56. The summed E-state index contributed by atoms with van der Waals surface area (Å²) in [7, 11) is 0. The third-order valence-electron chi connectivity index (χ3n) is 2.81. The van der Waals surface area contributed by atoms with Crippen molar-refractivity contribution in [3.8, 4) is 0 Å². The molecule has 0 saturated carbocycles. The predicted molar refractivity (Wildman–Crippen MR) is 67.0 cm³/mol. The van der Waals surface area contributed by atoms with Crippen LogP contribution in [0, 0.1) is 11.7 Å². The molecule has 0 spiro atoms. The fraction of sp³-hybridized carbons (Fsp3) is 0.538. The molecule has 0 aromatic heterocycles. The fourth-order valence-corrected chi connectivity index (χ4v) is 2.33. The number of benzene rings is 1. The van der Waals surface area contributed by atoms with E-state index in [0.29, 0.717) is 16.5 Å². The van der Waals surface area contributed by atoms with Crippen LogP contribution in [0.4, 0.5) is 4.39 Å².